The highest BCUT2D eigenvalue weighted by Gasteiger charge is 2.12. The number of nitrogens with one attached hydrogen (secondary N) is 1. The number of amides is 1. The number of aliphatic hydroxyl groups excluding tert-OH is 1. The molecule has 4 nitrogen and oxygen atoms in total. The van der Waals surface area contributed by atoms with Gasteiger partial charge in [0.15, 0.2) is 0 Å². The van der Waals surface area contributed by atoms with Crippen molar-refractivity contribution in [3.63, 3.8) is 0 Å². The molecule has 1 aromatic rings. The number of benzene rings is 1. The van der Waals surface area contributed by atoms with Crippen molar-refractivity contribution in [1.29, 1.82) is 0 Å². The molecule has 0 spiro atoms. The second kappa shape index (κ2) is 6.35. The zero-order valence-corrected chi connectivity index (χ0v) is 9.70. The van der Waals surface area contributed by atoms with Crippen molar-refractivity contribution < 1.29 is 14.6 Å². The summed E-state index contributed by atoms with van der Waals surface area (Å²) in [6.07, 6.45) is -0.568. The van der Waals surface area contributed by atoms with Crippen molar-refractivity contribution in [2.24, 2.45) is 0 Å². The van der Waals surface area contributed by atoms with Crippen LogP contribution in [0.4, 0.5) is 4.79 Å². The van der Waals surface area contributed by atoms with Gasteiger partial charge in [-0.25, -0.2) is 4.79 Å². The summed E-state index contributed by atoms with van der Waals surface area (Å²) in [5, 5.41) is 11.7. The summed E-state index contributed by atoms with van der Waals surface area (Å²) < 4.78 is 4.68. The Morgan fingerprint density at radius 2 is 2.25 bits per heavy atom. The highest BCUT2D eigenvalue weighted by molar-refractivity contribution is 6.31. The minimum atomic E-state index is -0.568. The Bertz CT molecular complexity index is 357. The molecule has 0 aliphatic heterocycles. The molecule has 2 N–H and O–H groups in total. The molecule has 0 aliphatic rings. The molecular formula is C11H14ClNO3. The molecule has 5 heteroatoms. The molecular weight excluding hydrogens is 230 g/mol. The lowest BCUT2D eigenvalue weighted by molar-refractivity contribution is 0.116. The Morgan fingerprint density at radius 3 is 2.88 bits per heavy atom. The van der Waals surface area contributed by atoms with Gasteiger partial charge in [0.25, 0.3) is 0 Å². The van der Waals surface area contributed by atoms with Crippen LogP contribution < -0.4 is 5.32 Å². The number of aliphatic hydroxyl groups is 1. The smallest absolute Gasteiger partial charge is 0.407 e. The number of carbonyl (C=O) groups is 1. The van der Waals surface area contributed by atoms with Crippen molar-refractivity contribution >= 4 is 17.7 Å². The minimum Gasteiger partial charge on any atom is -0.447 e. The summed E-state index contributed by atoms with van der Waals surface area (Å²) >= 11 is 5.97. The largest absolute Gasteiger partial charge is 0.447 e. The Morgan fingerprint density at radius 1 is 1.56 bits per heavy atom. The minimum absolute atomic E-state index is 0.0128. The van der Waals surface area contributed by atoms with Gasteiger partial charge in [0.05, 0.1) is 12.6 Å². The molecule has 0 fully saturated rings. The van der Waals surface area contributed by atoms with Crippen molar-refractivity contribution in [2.75, 3.05) is 13.2 Å². The van der Waals surface area contributed by atoms with Crippen LogP contribution in [0.25, 0.3) is 0 Å². The summed E-state index contributed by atoms with van der Waals surface area (Å²) in [7, 11) is 0. The zero-order valence-electron chi connectivity index (χ0n) is 8.94. The molecule has 1 amide bonds. The predicted molar refractivity (Wildman–Crippen MR) is 61.4 cm³/mol. The van der Waals surface area contributed by atoms with Gasteiger partial charge in [0.1, 0.15) is 6.61 Å². The molecule has 1 rings (SSSR count). The number of rotatable bonds is 4. The first-order chi connectivity index (χ1) is 7.65. The molecule has 0 saturated carbocycles. The topological polar surface area (TPSA) is 58.6 Å². The molecule has 0 aromatic heterocycles. The van der Waals surface area contributed by atoms with Crippen molar-refractivity contribution in [2.45, 2.75) is 13.0 Å². The van der Waals surface area contributed by atoms with Crippen LogP contribution in [0.5, 0.6) is 0 Å². The van der Waals surface area contributed by atoms with E-state index in [1.165, 1.54) is 0 Å². The fourth-order valence-electron chi connectivity index (χ4n) is 1.26. The van der Waals surface area contributed by atoms with Crippen LogP contribution in [0.15, 0.2) is 24.3 Å². The van der Waals surface area contributed by atoms with Crippen molar-refractivity contribution in [3.05, 3.63) is 34.9 Å². The summed E-state index contributed by atoms with van der Waals surface area (Å²) in [4.78, 5) is 11.2. The second-order valence-electron chi connectivity index (χ2n) is 3.25. The van der Waals surface area contributed by atoms with E-state index in [4.69, 9.17) is 16.7 Å². The first kappa shape index (κ1) is 12.8. The third kappa shape index (κ3) is 3.72. The Labute approximate surface area is 99.2 Å². The number of hydrogen-bond acceptors (Lipinski definition) is 3. The highest BCUT2D eigenvalue weighted by Crippen LogP contribution is 2.21. The Kier molecular flexibility index (Phi) is 5.08. The maximum Gasteiger partial charge on any atom is 0.407 e. The molecule has 0 unspecified atom stereocenters. The van der Waals surface area contributed by atoms with E-state index in [-0.39, 0.29) is 19.3 Å². The standard InChI is InChI=1S/C11H14ClNO3/c1-8(13-11(15)16-7-6-14)9-4-2-3-5-10(9)12/h2-5,8,14H,6-7H2,1H3,(H,13,15)/t8-/m1/s1. The summed E-state index contributed by atoms with van der Waals surface area (Å²) in [5.41, 5.74) is 0.824. The molecule has 0 aliphatic carbocycles. The van der Waals surface area contributed by atoms with Gasteiger partial charge < -0.3 is 15.2 Å². The number of hydrogen-bond donors (Lipinski definition) is 2. The molecule has 0 heterocycles. The molecule has 0 saturated heterocycles. The van der Waals surface area contributed by atoms with Crippen molar-refractivity contribution in [3.8, 4) is 0 Å². The van der Waals surface area contributed by atoms with Gasteiger partial charge in [0.2, 0.25) is 0 Å². The van der Waals surface area contributed by atoms with Gasteiger partial charge in [-0.2, -0.15) is 0 Å². The van der Waals surface area contributed by atoms with E-state index in [1.807, 2.05) is 18.2 Å². The lowest BCUT2D eigenvalue weighted by atomic mass is 10.1. The fourth-order valence-corrected chi connectivity index (χ4v) is 1.56. The molecule has 1 aromatic carbocycles. The SMILES string of the molecule is C[C@@H](NC(=O)OCCO)c1ccccc1Cl. The fraction of sp³-hybridized carbons (Fsp3) is 0.364. The number of carbonyl (C=O) groups excluding carboxylic acids is 1. The first-order valence-corrected chi connectivity index (χ1v) is 5.31. The van der Waals surface area contributed by atoms with Gasteiger partial charge in [-0.15, -0.1) is 0 Å². The maximum atomic E-state index is 11.2. The van der Waals surface area contributed by atoms with Gasteiger partial charge in [-0.05, 0) is 18.6 Å². The van der Waals surface area contributed by atoms with Crippen LogP contribution >= 0.6 is 11.6 Å². The predicted octanol–water partition coefficient (Wildman–Crippen LogP) is 2.12. The molecule has 0 bridgehead atoms. The summed E-state index contributed by atoms with van der Waals surface area (Å²) in [6, 6.07) is 7.02. The second-order valence-corrected chi connectivity index (χ2v) is 3.65. The van der Waals surface area contributed by atoms with Crippen LogP contribution in [0, 0.1) is 0 Å². The van der Waals surface area contributed by atoms with Gasteiger partial charge in [-0.3, -0.25) is 0 Å². The quantitative estimate of drug-likeness (QED) is 0.852. The van der Waals surface area contributed by atoms with Crippen molar-refractivity contribution in [1.82, 2.24) is 5.32 Å². The third-order valence-corrected chi connectivity index (χ3v) is 2.37. The highest BCUT2D eigenvalue weighted by atomic mass is 35.5. The molecule has 16 heavy (non-hydrogen) atoms. The van der Waals surface area contributed by atoms with Crippen LogP contribution in [0.2, 0.25) is 5.02 Å². The summed E-state index contributed by atoms with van der Waals surface area (Å²) in [5.74, 6) is 0. The van der Waals surface area contributed by atoms with Crippen LogP contribution in [0.3, 0.4) is 0 Å². The van der Waals surface area contributed by atoms with Crippen LogP contribution in [0.1, 0.15) is 18.5 Å². The van der Waals surface area contributed by atoms with Gasteiger partial charge in [-0.1, -0.05) is 29.8 Å². The average Bonchev–Trinajstić information content (AvgIpc) is 2.26. The molecule has 88 valence electrons. The normalized spacial score (nSPS) is 11.9. The van der Waals surface area contributed by atoms with E-state index in [2.05, 4.69) is 10.1 Å². The van der Waals surface area contributed by atoms with Gasteiger partial charge in [0, 0.05) is 5.02 Å². The Balaban J connectivity index is 2.55. The lowest BCUT2D eigenvalue weighted by Gasteiger charge is -2.15. The van der Waals surface area contributed by atoms with E-state index in [0.717, 1.165) is 5.56 Å². The zero-order chi connectivity index (χ0) is 12.0. The van der Waals surface area contributed by atoms with Crippen LogP contribution in [-0.4, -0.2) is 24.4 Å². The van der Waals surface area contributed by atoms with E-state index in [9.17, 15) is 4.79 Å². The van der Waals surface area contributed by atoms with Crippen LogP contribution in [-0.2, 0) is 4.74 Å². The monoisotopic (exact) mass is 243 g/mol. The Hall–Kier alpha value is -1.26. The number of alkyl carbamates (subject to hydrolysis) is 1. The first-order valence-electron chi connectivity index (χ1n) is 4.93. The molecule has 1 atom stereocenters. The lowest BCUT2D eigenvalue weighted by Crippen LogP contribution is -2.28. The van der Waals surface area contributed by atoms with E-state index < -0.39 is 6.09 Å². The third-order valence-electron chi connectivity index (χ3n) is 2.03. The van der Waals surface area contributed by atoms with Gasteiger partial charge >= 0.3 is 6.09 Å². The summed E-state index contributed by atoms with van der Waals surface area (Å²) in [6.45, 7) is 1.61. The average molecular weight is 244 g/mol. The van der Waals surface area contributed by atoms with E-state index in [0.29, 0.717) is 5.02 Å². The molecule has 0 radical (unpaired) electrons. The maximum absolute atomic E-state index is 11.2. The number of halogens is 1. The number of ether oxygens (including phenoxy) is 1. The van der Waals surface area contributed by atoms with E-state index in [1.54, 1.807) is 13.0 Å². The van der Waals surface area contributed by atoms with E-state index >= 15 is 0 Å².